The summed E-state index contributed by atoms with van der Waals surface area (Å²) >= 11 is 0. The number of aliphatic carboxylic acids is 1. The lowest BCUT2D eigenvalue weighted by molar-refractivity contribution is -0.143. The molecule has 184 valence electrons. The van der Waals surface area contributed by atoms with Gasteiger partial charge in [-0.3, -0.25) is 19.2 Å². The monoisotopic (exact) mass is 471 g/mol. The average Bonchev–Trinajstić information content (AvgIpc) is 3.21. The number of carboxylic acids is 1. The van der Waals surface area contributed by atoms with Gasteiger partial charge in [0.15, 0.2) is 0 Å². The molecule has 1 aromatic heterocycles. The molecule has 0 radical (unpaired) electrons. The number of carbonyl (C=O) groups excluding carboxylic acids is 4. The van der Waals surface area contributed by atoms with Crippen LogP contribution in [-0.4, -0.2) is 91.3 Å². The molecule has 0 aliphatic heterocycles. The van der Waals surface area contributed by atoms with Gasteiger partial charge in [-0.15, -0.1) is 0 Å². The molecule has 4 amide bonds. The van der Waals surface area contributed by atoms with E-state index in [1.807, 2.05) is 0 Å². The molecule has 6 atom stereocenters. The minimum absolute atomic E-state index is 0.147. The van der Waals surface area contributed by atoms with Crippen LogP contribution in [0.4, 0.5) is 0 Å². The number of amides is 4. The Labute approximate surface area is 188 Å². The first-order valence-corrected chi connectivity index (χ1v) is 9.84. The van der Waals surface area contributed by atoms with Crippen molar-refractivity contribution in [3.63, 3.8) is 0 Å². The highest BCUT2D eigenvalue weighted by atomic mass is 16.4. The van der Waals surface area contributed by atoms with Gasteiger partial charge in [-0.05, 0) is 13.8 Å². The van der Waals surface area contributed by atoms with Crippen LogP contribution in [0.5, 0.6) is 0 Å². The highest BCUT2D eigenvalue weighted by Crippen LogP contribution is 2.03. The Bertz CT molecular complexity index is 843. The third-order valence-electron chi connectivity index (χ3n) is 4.48. The van der Waals surface area contributed by atoms with Crippen LogP contribution in [0.3, 0.4) is 0 Å². The van der Waals surface area contributed by atoms with Crippen LogP contribution in [0.25, 0.3) is 0 Å². The fraction of sp³-hybridized carbons (Fsp3) is 0.556. The van der Waals surface area contributed by atoms with Gasteiger partial charge in [0.05, 0.1) is 31.0 Å². The van der Waals surface area contributed by atoms with E-state index >= 15 is 0 Å². The maximum absolute atomic E-state index is 12.6. The number of aromatic amines is 1. The minimum atomic E-state index is -1.63. The molecule has 0 aliphatic rings. The van der Waals surface area contributed by atoms with Crippen LogP contribution in [0.1, 0.15) is 26.0 Å². The SMILES string of the molecule is CC(O)C(NC(=O)C(N)CC(N)=O)C(=O)NC(C(=O)NC(Cc1cnc[nH]1)C(=O)O)C(C)O. The van der Waals surface area contributed by atoms with Crippen LogP contribution in [0.2, 0.25) is 0 Å². The molecule has 1 rings (SSSR count). The Kier molecular flexibility index (Phi) is 10.4. The standard InChI is InChI=1S/C18H29N7O8/c1-7(26)13(16(30)23-11(18(32)33)3-9-5-21-6-22-9)25-17(31)14(8(2)27)24-15(29)10(19)4-12(20)28/h5-8,10-11,13-14,26-27H,3-4,19H2,1-2H3,(H2,20,28)(H,21,22)(H,23,30)(H,24,29)(H,25,31)(H,32,33). The number of primary amides is 1. The van der Waals surface area contributed by atoms with Crippen molar-refractivity contribution in [3.8, 4) is 0 Å². The molecule has 0 saturated carbocycles. The lowest BCUT2D eigenvalue weighted by Gasteiger charge is -2.27. The third-order valence-corrected chi connectivity index (χ3v) is 4.48. The molecular weight excluding hydrogens is 442 g/mol. The lowest BCUT2D eigenvalue weighted by Crippen LogP contribution is -2.62. The number of rotatable bonds is 13. The maximum Gasteiger partial charge on any atom is 0.326 e. The predicted molar refractivity (Wildman–Crippen MR) is 111 cm³/mol. The molecule has 0 aromatic carbocycles. The first-order valence-electron chi connectivity index (χ1n) is 9.84. The number of carboxylic acid groups (broad SMARTS) is 1. The van der Waals surface area contributed by atoms with E-state index < -0.39 is 72.4 Å². The van der Waals surface area contributed by atoms with Gasteiger partial charge < -0.3 is 47.7 Å². The Morgan fingerprint density at radius 3 is 1.94 bits per heavy atom. The van der Waals surface area contributed by atoms with Crippen molar-refractivity contribution in [2.75, 3.05) is 0 Å². The number of aliphatic hydroxyl groups is 2. The topological polar surface area (TPSA) is 263 Å². The number of imidazole rings is 1. The van der Waals surface area contributed by atoms with E-state index in [-0.39, 0.29) is 6.42 Å². The van der Waals surface area contributed by atoms with Gasteiger partial charge >= 0.3 is 5.97 Å². The highest BCUT2D eigenvalue weighted by Gasteiger charge is 2.34. The number of nitrogens with two attached hydrogens (primary N) is 2. The molecule has 15 nitrogen and oxygen atoms in total. The van der Waals surface area contributed by atoms with Crippen LogP contribution < -0.4 is 27.4 Å². The molecule has 1 aromatic rings. The lowest BCUT2D eigenvalue weighted by atomic mass is 10.1. The number of hydrogen-bond donors (Lipinski definition) is 9. The van der Waals surface area contributed by atoms with E-state index in [4.69, 9.17) is 11.5 Å². The van der Waals surface area contributed by atoms with Crippen LogP contribution >= 0.6 is 0 Å². The largest absolute Gasteiger partial charge is 0.480 e. The van der Waals surface area contributed by atoms with Crippen LogP contribution in [0, 0.1) is 0 Å². The Morgan fingerprint density at radius 1 is 1.00 bits per heavy atom. The van der Waals surface area contributed by atoms with Crippen LogP contribution in [0.15, 0.2) is 12.5 Å². The van der Waals surface area contributed by atoms with Crippen molar-refractivity contribution in [2.24, 2.45) is 11.5 Å². The number of hydrogen-bond acceptors (Lipinski definition) is 9. The Morgan fingerprint density at radius 2 is 1.52 bits per heavy atom. The van der Waals surface area contributed by atoms with Gasteiger partial charge in [0, 0.05) is 18.3 Å². The zero-order chi connectivity index (χ0) is 25.3. The molecule has 0 spiro atoms. The summed E-state index contributed by atoms with van der Waals surface area (Å²) in [6, 6.07) is -6.02. The van der Waals surface area contributed by atoms with Crippen LogP contribution in [-0.2, 0) is 30.4 Å². The van der Waals surface area contributed by atoms with Crippen molar-refractivity contribution in [2.45, 2.75) is 63.1 Å². The summed E-state index contributed by atoms with van der Waals surface area (Å²) in [5, 5.41) is 35.7. The van der Waals surface area contributed by atoms with Crippen molar-refractivity contribution in [1.29, 1.82) is 0 Å². The average molecular weight is 471 g/mol. The second-order valence-corrected chi connectivity index (χ2v) is 7.41. The first kappa shape index (κ1) is 27.5. The summed E-state index contributed by atoms with van der Waals surface area (Å²) in [7, 11) is 0. The van der Waals surface area contributed by atoms with Crippen molar-refractivity contribution in [3.05, 3.63) is 18.2 Å². The summed E-state index contributed by atoms with van der Waals surface area (Å²) in [6.45, 7) is 2.35. The van der Waals surface area contributed by atoms with Gasteiger partial charge in [0.25, 0.3) is 0 Å². The number of carbonyl (C=O) groups is 5. The van der Waals surface area contributed by atoms with E-state index in [0.29, 0.717) is 5.69 Å². The van der Waals surface area contributed by atoms with E-state index in [2.05, 4.69) is 25.9 Å². The second-order valence-electron chi connectivity index (χ2n) is 7.41. The van der Waals surface area contributed by atoms with E-state index in [1.54, 1.807) is 0 Å². The Hall–Kier alpha value is -3.56. The number of nitrogens with zero attached hydrogens (tertiary/aromatic N) is 1. The summed E-state index contributed by atoms with van der Waals surface area (Å²) in [4.78, 5) is 66.2. The fourth-order valence-corrected chi connectivity index (χ4v) is 2.70. The van der Waals surface area contributed by atoms with Gasteiger partial charge in [-0.2, -0.15) is 0 Å². The zero-order valence-electron chi connectivity index (χ0n) is 18.0. The summed E-state index contributed by atoms with van der Waals surface area (Å²) in [5.74, 6) is -5.27. The molecule has 0 aliphatic carbocycles. The normalized spacial score (nSPS) is 16.4. The molecule has 1 heterocycles. The maximum atomic E-state index is 12.6. The fourth-order valence-electron chi connectivity index (χ4n) is 2.70. The molecule has 6 unspecified atom stereocenters. The zero-order valence-corrected chi connectivity index (χ0v) is 18.0. The third kappa shape index (κ3) is 8.83. The van der Waals surface area contributed by atoms with Gasteiger partial charge in [-0.25, -0.2) is 9.78 Å². The van der Waals surface area contributed by atoms with Crippen molar-refractivity contribution in [1.82, 2.24) is 25.9 Å². The summed E-state index contributed by atoms with van der Waals surface area (Å²) < 4.78 is 0. The predicted octanol–water partition coefficient (Wildman–Crippen LogP) is -4.54. The molecule has 33 heavy (non-hydrogen) atoms. The second kappa shape index (κ2) is 12.5. The molecule has 0 fully saturated rings. The smallest absolute Gasteiger partial charge is 0.326 e. The molecular formula is C18H29N7O8. The number of nitrogens with one attached hydrogen (secondary N) is 4. The van der Waals surface area contributed by atoms with Gasteiger partial charge in [-0.1, -0.05) is 0 Å². The van der Waals surface area contributed by atoms with E-state index in [1.165, 1.54) is 26.4 Å². The Balaban J connectivity index is 2.90. The first-order chi connectivity index (χ1) is 15.3. The van der Waals surface area contributed by atoms with Gasteiger partial charge in [0.2, 0.25) is 23.6 Å². The van der Waals surface area contributed by atoms with Crippen molar-refractivity contribution < 1.29 is 39.3 Å². The summed E-state index contributed by atoms with van der Waals surface area (Å²) in [6.07, 6.45) is -0.890. The quantitative estimate of drug-likeness (QED) is 0.133. The highest BCUT2D eigenvalue weighted by molar-refractivity contribution is 5.95. The number of aromatic nitrogens is 2. The van der Waals surface area contributed by atoms with E-state index in [0.717, 1.165) is 0 Å². The van der Waals surface area contributed by atoms with Gasteiger partial charge in [0.1, 0.15) is 18.1 Å². The van der Waals surface area contributed by atoms with E-state index in [9.17, 15) is 39.3 Å². The summed E-state index contributed by atoms with van der Waals surface area (Å²) in [5.41, 5.74) is 10.9. The molecule has 15 heteroatoms. The van der Waals surface area contributed by atoms with Crippen molar-refractivity contribution >= 4 is 29.6 Å². The molecule has 0 bridgehead atoms. The molecule has 0 saturated heterocycles. The number of H-pyrrole nitrogens is 1. The number of aliphatic hydroxyl groups excluding tert-OH is 2. The minimum Gasteiger partial charge on any atom is -0.480 e. The molecule has 11 N–H and O–H groups in total.